The molecule has 5 nitrogen and oxygen atoms in total. The molecule has 1 amide bonds. The predicted octanol–water partition coefficient (Wildman–Crippen LogP) is 0.633. The molecule has 1 heterocycles. The number of nitrogens with one attached hydrogen (secondary N) is 2. The van der Waals surface area contributed by atoms with Crippen LogP contribution >= 0.6 is 0 Å². The number of hydrogen-bond donors (Lipinski definition) is 2. The van der Waals surface area contributed by atoms with Crippen LogP contribution in [0.4, 0.5) is 0 Å². The SMILES string of the molecule is CC(C)CNC(=O)[C@@H](C)NCCn1cccn1. The van der Waals surface area contributed by atoms with Crippen molar-refractivity contribution >= 4 is 5.91 Å². The van der Waals surface area contributed by atoms with E-state index in [9.17, 15) is 4.79 Å². The van der Waals surface area contributed by atoms with Crippen LogP contribution < -0.4 is 10.6 Å². The monoisotopic (exact) mass is 238 g/mol. The highest BCUT2D eigenvalue weighted by molar-refractivity contribution is 5.81. The summed E-state index contributed by atoms with van der Waals surface area (Å²) in [4.78, 5) is 11.6. The molecule has 0 fully saturated rings. The Kier molecular flexibility index (Phi) is 5.69. The molecule has 1 aromatic heterocycles. The van der Waals surface area contributed by atoms with Crippen LogP contribution in [0.3, 0.4) is 0 Å². The minimum atomic E-state index is -0.163. The van der Waals surface area contributed by atoms with E-state index >= 15 is 0 Å². The van der Waals surface area contributed by atoms with E-state index in [2.05, 4.69) is 29.6 Å². The maximum atomic E-state index is 11.6. The third-order valence-electron chi connectivity index (χ3n) is 2.43. The first-order valence-corrected chi connectivity index (χ1v) is 6.08. The summed E-state index contributed by atoms with van der Waals surface area (Å²) in [6.07, 6.45) is 3.66. The van der Waals surface area contributed by atoms with Crippen LogP contribution in [0.15, 0.2) is 18.5 Å². The third-order valence-corrected chi connectivity index (χ3v) is 2.43. The van der Waals surface area contributed by atoms with Crippen molar-refractivity contribution in [2.45, 2.75) is 33.4 Å². The predicted molar refractivity (Wildman–Crippen MR) is 67.5 cm³/mol. The summed E-state index contributed by atoms with van der Waals surface area (Å²) in [7, 11) is 0. The highest BCUT2D eigenvalue weighted by Crippen LogP contribution is 1.89. The lowest BCUT2D eigenvalue weighted by Gasteiger charge is -2.15. The molecule has 1 atom stereocenters. The summed E-state index contributed by atoms with van der Waals surface area (Å²) in [6.45, 7) is 8.27. The van der Waals surface area contributed by atoms with E-state index in [1.165, 1.54) is 0 Å². The smallest absolute Gasteiger partial charge is 0.236 e. The maximum absolute atomic E-state index is 11.6. The van der Waals surface area contributed by atoms with E-state index in [1.54, 1.807) is 6.20 Å². The summed E-state index contributed by atoms with van der Waals surface area (Å²) in [5.74, 6) is 0.536. The third kappa shape index (κ3) is 5.49. The second-order valence-electron chi connectivity index (χ2n) is 4.58. The van der Waals surface area contributed by atoms with E-state index in [0.29, 0.717) is 5.92 Å². The Hall–Kier alpha value is -1.36. The number of carbonyl (C=O) groups is 1. The molecule has 2 N–H and O–H groups in total. The Bertz CT molecular complexity index is 321. The minimum Gasteiger partial charge on any atom is -0.354 e. The summed E-state index contributed by atoms with van der Waals surface area (Å²) in [6, 6.07) is 1.72. The normalized spacial score (nSPS) is 12.7. The van der Waals surface area contributed by atoms with Crippen molar-refractivity contribution in [3.8, 4) is 0 Å². The van der Waals surface area contributed by atoms with Crippen LogP contribution in [-0.4, -0.2) is 34.8 Å². The first-order chi connectivity index (χ1) is 8.09. The molecule has 0 aromatic carbocycles. The average molecular weight is 238 g/mol. The lowest BCUT2D eigenvalue weighted by Crippen LogP contribution is -2.44. The summed E-state index contributed by atoms with van der Waals surface area (Å²) < 4.78 is 1.84. The fourth-order valence-corrected chi connectivity index (χ4v) is 1.38. The van der Waals surface area contributed by atoms with Gasteiger partial charge in [0.2, 0.25) is 5.91 Å². The molecular formula is C12H22N4O. The number of aromatic nitrogens is 2. The molecule has 0 unspecified atom stereocenters. The van der Waals surface area contributed by atoms with Gasteiger partial charge in [-0.25, -0.2) is 0 Å². The summed E-state index contributed by atoms with van der Waals surface area (Å²) in [5, 5.41) is 10.2. The first kappa shape index (κ1) is 13.7. The highest BCUT2D eigenvalue weighted by atomic mass is 16.2. The molecule has 5 heteroatoms. The zero-order chi connectivity index (χ0) is 12.7. The minimum absolute atomic E-state index is 0.0548. The number of nitrogens with zero attached hydrogens (tertiary/aromatic N) is 2. The van der Waals surface area contributed by atoms with Crippen molar-refractivity contribution in [1.29, 1.82) is 0 Å². The second kappa shape index (κ2) is 7.06. The standard InChI is InChI=1S/C12H22N4O/c1-10(2)9-14-12(17)11(3)13-6-8-16-7-4-5-15-16/h4-5,7,10-11,13H,6,8-9H2,1-3H3,(H,14,17)/t11-/m1/s1. The molecule has 1 rings (SSSR count). The van der Waals surface area contributed by atoms with Gasteiger partial charge in [-0.1, -0.05) is 13.8 Å². The van der Waals surface area contributed by atoms with Crippen molar-refractivity contribution in [2.24, 2.45) is 5.92 Å². The van der Waals surface area contributed by atoms with Gasteiger partial charge in [-0.05, 0) is 18.9 Å². The Morgan fingerprint density at radius 1 is 1.41 bits per heavy atom. The molecule has 0 radical (unpaired) electrons. The zero-order valence-corrected chi connectivity index (χ0v) is 10.8. The number of rotatable bonds is 7. The van der Waals surface area contributed by atoms with Crippen LogP contribution in [0.1, 0.15) is 20.8 Å². The van der Waals surface area contributed by atoms with Crippen molar-refractivity contribution in [3.63, 3.8) is 0 Å². The molecule has 0 aliphatic heterocycles. The molecule has 1 aromatic rings. The first-order valence-electron chi connectivity index (χ1n) is 6.08. The second-order valence-corrected chi connectivity index (χ2v) is 4.58. The summed E-state index contributed by atoms with van der Waals surface area (Å²) in [5.41, 5.74) is 0. The van der Waals surface area contributed by atoms with Crippen molar-refractivity contribution in [3.05, 3.63) is 18.5 Å². The molecule has 0 saturated carbocycles. The van der Waals surface area contributed by atoms with Gasteiger partial charge in [0.25, 0.3) is 0 Å². The maximum Gasteiger partial charge on any atom is 0.236 e. The fourth-order valence-electron chi connectivity index (χ4n) is 1.38. The van der Waals surface area contributed by atoms with Gasteiger partial charge in [-0.2, -0.15) is 5.10 Å². The summed E-state index contributed by atoms with van der Waals surface area (Å²) >= 11 is 0. The van der Waals surface area contributed by atoms with Gasteiger partial charge in [0.05, 0.1) is 12.6 Å². The molecule has 0 bridgehead atoms. The molecule has 0 aliphatic rings. The van der Waals surface area contributed by atoms with Gasteiger partial charge >= 0.3 is 0 Å². The van der Waals surface area contributed by atoms with Gasteiger partial charge in [0, 0.05) is 25.5 Å². The lowest BCUT2D eigenvalue weighted by atomic mass is 10.2. The van der Waals surface area contributed by atoms with Gasteiger partial charge < -0.3 is 10.6 Å². The topological polar surface area (TPSA) is 59.0 Å². The van der Waals surface area contributed by atoms with Crippen molar-refractivity contribution in [2.75, 3.05) is 13.1 Å². The largest absolute Gasteiger partial charge is 0.354 e. The Labute approximate surface area is 103 Å². The van der Waals surface area contributed by atoms with Gasteiger partial charge in [-0.3, -0.25) is 9.48 Å². The molecule has 96 valence electrons. The number of amides is 1. The van der Waals surface area contributed by atoms with Gasteiger partial charge in [-0.15, -0.1) is 0 Å². The zero-order valence-electron chi connectivity index (χ0n) is 10.8. The van der Waals surface area contributed by atoms with Gasteiger partial charge in [0.1, 0.15) is 0 Å². The molecule has 17 heavy (non-hydrogen) atoms. The Balaban J connectivity index is 2.15. The van der Waals surface area contributed by atoms with E-state index in [-0.39, 0.29) is 11.9 Å². The van der Waals surface area contributed by atoms with Crippen molar-refractivity contribution in [1.82, 2.24) is 20.4 Å². The molecule has 0 aliphatic carbocycles. The van der Waals surface area contributed by atoms with Gasteiger partial charge in [0.15, 0.2) is 0 Å². The van der Waals surface area contributed by atoms with E-state index in [4.69, 9.17) is 0 Å². The van der Waals surface area contributed by atoms with E-state index in [0.717, 1.165) is 19.6 Å². The Morgan fingerprint density at radius 3 is 2.76 bits per heavy atom. The van der Waals surface area contributed by atoms with E-state index in [1.807, 2.05) is 23.9 Å². The molecule has 0 saturated heterocycles. The van der Waals surface area contributed by atoms with E-state index < -0.39 is 0 Å². The average Bonchev–Trinajstić information content (AvgIpc) is 2.78. The lowest BCUT2D eigenvalue weighted by molar-refractivity contribution is -0.122. The van der Waals surface area contributed by atoms with Crippen LogP contribution in [0, 0.1) is 5.92 Å². The number of carbonyl (C=O) groups excluding carboxylic acids is 1. The van der Waals surface area contributed by atoms with Crippen LogP contribution in [0.25, 0.3) is 0 Å². The van der Waals surface area contributed by atoms with Crippen LogP contribution in [0.5, 0.6) is 0 Å². The highest BCUT2D eigenvalue weighted by Gasteiger charge is 2.11. The quantitative estimate of drug-likeness (QED) is 0.732. The van der Waals surface area contributed by atoms with Crippen molar-refractivity contribution < 1.29 is 4.79 Å². The fraction of sp³-hybridized carbons (Fsp3) is 0.667. The molecule has 0 spiro atoms. The number of hydrogen-bond acceptors (Lipinski definition) is 3. The molecular weight excluding hydrogens is 216 g/mol. The van der Waals surface area contributed by atoms with Crippen LogP contribution in [0.2, 0.25) is 0 Å². The van der Waals surface area contributed by atoms with Crippen LogP contribution in [-0.2, 0) is 11.3 Å². The Morgan fingerprint density at radius 2 is 2.18 bits per heavy atom.